The summed E-state index contributed by atoms with van der Waals surface area (Å²) in [5.41, 5.74) is 0.566. The molecular formula is C14H9Cl3N2O2S. The van der Waals surface area contributed by atoms with E-state index in [0.29, 0.717) is 38.0 Å². The minimum atomic E-state index is 0.405. The van der Waals surface area contributed by atoms with Crippen LogP contribution in [0.15, 0.2) is 34.9 Å². The van der Waals surface area contributed by atoms with Gasteiger partial charge in [0, 0.05) is 18.4 Å². The molecule has 0 saturated carbocycles. The maximum atomic E-state index is 6.27. The van der Waals surface area contributed by atoms with Gasteiger partial charge in [0.1, 0.15) is 11.5 Å². The molecule has 0 atom stereocenters. The second kappa shape index (κ2) is 6.46. The zero-order valence-corrected chi connectivity index (χ0v) is 14.3. The molecule has 2 aromatic carbocycles. The number of anilines is 1. The van der Waals surface area contributed by atoms with Gasteiger partial charge in [-0.15, -0.1) is 0 Å². The van der Waals surface area contributed by atoms with Crippen molar-refractivity contribution in [3.63, 3.8) is 0 Å². The third kappa shape index (κ3) is 3.08. The predicted molar refractivity (Wildman–Crippen MR) is 92.7 cm³/mol. The van der Waals surface area contributed by atoms with Gasteiger partial charge in [0.05, 0.1) is 20.5 Å². The summed E-state index contributed by atoms with van der Waals surface area (Å²) in [6.45, 7) is 0. The second-order valence-electron chi connectivity index (χ2n) is 4.29. The van der Waals surface area contributed by atoms with Gasteiger partial charge in [-0.25, -0.2) is 0 Å². The number of aromatic nitrogens is 1. The SMILES string of the molecule is CSNc1noc2cc(Oc3ccc(Cl)c(Cl)c3)c(Cl)cc12. The molecule has 0 unspecified atom stereocenters. The summed E-state index contributed by atoms with van der Waals surface area (Å²) in [5.74, 6) is 1.59. The Bertz CT molecular complexity index is 838. The largest absolute Gasteiger partial charge is 0.456 e. The first-order chi connectivity index (χ1) is 10.6. The Morgan fingerprint density at radius 1 is 1.09 bits per heavy atom. The molecule has 0 aliphatic heterocycles. The predicted octanol–water partition coefficient (Wildman–Crippen LogP) is 6.27. The van der Waals surface area contributed by atoms with Crippen LogP contribution in [0.1, 0.15) is 0 Å². The number of benzene rings is 2. The molecule has 0 bridgehead atoms. The highest BCUT2D eigenvalue weighted by Gasteiger charge is 2.13. The van der Waals surface area contributed by atoms with E-state index in [1.54, 1.807) is 30.3 Å². The number of fused-ring (bicyclic) bond motifs is 1. The Hall–Kier alpha value is -1.27. The summed E-state index contributed by atoms with van der Waals surface area (Å²) in [6, 6.07) is 8.39. The van der Waals surface area contributed by atoms with Gasteiger partial charge in [-0.3, -0.25) is 0 Å². The van der Waals surface area contributed by atoms with E-state index in [4.69, 9.17) is 44.1 Å². The zero-order chi connectivity index (χ0) is 15.7. The van der Waals surface area contributed by atoms with Crippen LogP contribution in [0, 0.1) is 0 Å². The minimum absolute atomic E-state index is 0.405. The Balaban J connectivity index is 1.96. The van der Waals surface area contributed by atoms with E-state index in [9.17, 15) is 0 Å². The Labute approximate surface area is 145 Å². The molecule has 1 aromatic heterocycles. The zero-order valence-electron chi connectivity index (χ0n) is 11.2. The lowest BCUT2D eigenvalue weighted by Gasteiger charge is -2.08. The van der Waals surface area contributed by atoms with Gasteiger partial charge in [-0.2, -0.15) is 0 Å². The molecule has 22 heavy (non-hydrogen) atoms. The summed E-state index contributed by atoms with van der Waals surface area (Å²) in [5, 5.41) is 6.02. The van der Waals surface area contributed by atoms with Gasteiger partial charge < -0.3 is 14.0 Å². The fourth-order valence-electron chi connectivity index (χ4n) is 1.86. The first-order valence-corrected chi connectivity index (χ1v) is 8.45. The van der Waals surface area contributed by atoms with Crippen LogP contribution in [0.2, 0.25) is 15.1 Å². The monoisotopic (exact) mass is 374 g/mol. The van der Waals surface area contributed by atoms with Crippen molar-refractivity contribution in [2.45, 2.75) is 0 Å². The number of nitrogens with zero attached hydrogens (tertiary/aromatic N) is 1. The molecule has 4 nitrogen and oxygen atoms in total. The van der Waals surface area contributed by atoms with Crippen molar-refractivity contribution < 1.29 is 9.26 Å². The number of hydrogen-bond donors (Lipinski definition) is 1. The lowest BCUT2D eigenvalue weighted by Crippen LogP contribution is -1.87. The highest BCUT2D eigenvalue weighted by molar-refractivity contribution is 7.99. The average molecular weight is 376 g/mol. The number of nitrogens with one attached hydrogen (secondary N) is 1. The fraction of sp³-hybridized carbons (Fsp3) is 0.0714. The lowest BCUT2D eigenvalue weighted by atomic mass is 10.2. The molecule has 114 valence electrons. The smallest absolute Gasteiger partial charge is 0.187 e. The third-order valence-electron chi connectivity index (χ3n) is 2.84. The average Bonchev–Trinajstić information content (AvgIpc) is 2.86. The maximum Gasteiger partial charge on any atom is 0.187 e. The van der Waals surface area contributed by atoms with Crippen LogP contribution in [0.5, 0.6) is 11.5 Å². The van der Waals surface area contributed by atoms with E-state index in [1.807, 2.05) is 6.26 Å². The third-order valence-corrected chi connectivity index (χ3v) is 4.27. The van der Waals surface area contributed by atoms with Crippen LogP contribution in [-0.4, -0.2) is 11.4 Å². The van der Waals surface area contributed by atoms with Crippen molar-refractivity contribution in [1.82, 2.24) is 5.16 Å². The highest BCUT2D eigenvalue weighted by atomic mass is 35.5. The van der Waals surface area contributed by atoms with Crippen LogP contribution in [0.25, 0.3) is 11.0 Å². The van der Waals surface area contributed by atoms with Crippen molar-refractivity contribution in [2.75, 3.05) is 11.0 Å². The van der Waals surface area contributed by atoms with Gasteiger partial charge in [0.25, 0.3) is 0 Å². The van der Waals surface area contributed by atoms with E-state index in [1.165, 1.54) is 11.9 Å². The van der Waals surface area contributed by atoms with Gasteiger partial charge in [-0.1, -0.05) is 51.9 Å². The van der Waals surface area contributed by atoms with Crippen LogP contribution in [0.4, 0.5) is 5.82 Å². The summed E-state index contributed by atoms with van der Waals surface area (Å²) in [6.07, 6.45) is 1.89. The van der Waals surface area contributed by atoms with Crippen molar-refractivity contribution in [2.24, 2.45) is 0 Å². The minimum Gasteiger partial charge on any atom is -0.456 e. The molecule has 0 fully saturated rings. The molecular weight excluding hydrogens is 367 g/mol. The molecule has 0 aliphatic carbocycles. The van der Waals surface area contributed by atoms with Crippen molar-refractivity contribution in [1.29, 1.82) is 0 Å². The number of rotatable bonds is 4. The Morgan fingerprint density at radius 2 is 1.91 bits per heavy atom. The normalized spacial score (nSPS) is 10.9. The van der Waals surface area contributed by atoms with Gasteiger partial charge >= 0.3 is 0 Å². The second-order valence-corrected chi connectivity index (χ2v) is 6.13. The van der Waals surface area contributed by atoms with Gasteiger partial charge in [0.15, 0.2) is 11.4 Å². The fourth-order valence-corrected chi connectivity index (χ4v) is 2.69. The van der Waals surface area contributed by atoms with Gasteiger partial charge in [0.2, 0.25) is 0 Å². The summed E-state index contributed by atoms with van der Waals surface area (Å²) < 4.78 is 14.0. The van der Waals surface area contributed by atoms with Crippen molar-refractivity contribution in [3.8, 4) is 11.5 Å². The van der Waals surface area contributed by atoms with Crippen LogP contribution in [-0.2, 0) is 0 Å². The first kappa shape index (κ1) is 15.6. The Morgan fingerprint density at radius 3 is 2.64 bits per heavy atom. The molecule has 3 aromatic rings. The molecule has 1 heterocycles. The first-order valence-electron chi connectivity index (χ1n) is 6.09. The molecule has 3 rings (SSSR count). The molecule has 1 N–H and O–H groups in total. The standard InChI is InChI=1S/C14H9Cl3N2O2S/c1-22-19-14-8-5-11(17)13(6-12(8)21-18-14)20-7-2-3-9(15)10(16)4-7/h2-6H,1H3,(H,18,19). The van der Waals surface area contributed by atoms with Crippen molar-refractivity contribution in [3.05, 3.63) is 45.4 Å². The van der Waals surface area contributed by atoms with Gasteiger partial charge in [-0.05, 0) is 18.2 Å². The molecule has 0 saturated heterocycles. The van der Waals surface area contributed by atoms with Crippen LogP contribution in [0.3, 0.4) is 0 Å². The van der Waals surface area contributed by atoms with E-state index in [-0.39, 0.29) is 0 Å². The number of hydrogen-bond acceptors (Lipinski definition) is 5. The van der Waals surface area contributed by atoms with E-state index >= 15 is 0 Å². The highest BCUT2D eigenvalue weighted by Crippen LogP contribution is 2.37. The number of halogens is 3. The molecule has 0 amide bonds. The van der Waals surface area contributed by atoms with Crippen LogP contribution < -0.4 is 9.46 Å². The summed E-state index contributed by atoms with van der Waals surface area (Å²) in [4.78, 5) is 0. The molecule has 0 aliphatic rings. The lowest BCUT2D eigenvalue weighted by molar-refractivity contribution is 0.454. The van der Waals surface area contributed by atoms with Crippen molar-refractivity contribution >= 4 is 63.5 Å². The van der Waals surface area contributed by atoms with E-state index in [2.05, 4.69) is 9.88 Å². The van der Waals surface area contributed by atoms with E-state index < -0.39 is 0 Å². The molecule has 0 spiro atoms. The Kier molecular flexibility index (Phi) is 4.59. The molecule has 0 radical (unpaired) electrons. The summed E-state index contributed by atoms with van der Waals surface area (Å²) >= 11 is 19.5. The van der Waals surface area contributed by atoms with Crippen LogP contribution >= 0.6 is 46.8 Å². The summed E-state index contributed by atoms with van der Waals surface area (Å²) in [7, 11) is 0. The maximum absolute atomic E-state index is 6.27. The quantitative estimate of drug-likeness (QED) is 0.544. The van der Waals surface area contributed by atoms with E-state index in [0.717, 1.165) is 5.39 Å². The molecule has 8 heteroatoms. The number of ether oxygens (including phenoxy) is 1. The topological polar surface area (TPSA) is 47.3 Å².